The number of likely N-dealkylation sites (N-methyl/N-ethyl adjacent to an activating group) is 1. The molecule has 1 aromatic rings. The average molecular weight is 206 g/mol. The SMILES string of the molecule is CN(C)CC1CCc2cccc(O)c2N1. The van der Waals surface area contributed by atoms with Crippen molar-refractivity contribution < 1.29 is 5.11 Å². The van der Waals surface area contributed by atoms with Crippen molar-refractivity contribution in [2.75, 3.05) is 26.0 Å². The number of phenolic OH excluding ortho intramolecular Hbond substituents is 1. The minimum absolute atomic E-state index is 0.371. The second-order valence-corrected chi connectivity index (χ2v) is 4.45. The number of hydrogen-bond acceptors (Lipinski definition) is 3. The van der Waals surface area contributed by atoms with Crippen LogP contribution in [-0.2, 0) is 6.42 Å². The van der Waals surface area contributed by atoms with Crippen LogP contribution < -0.4 is 5.32 Å². The van der Waals surface area contributed by atoms with E-state index in [1.54, 1.807) is 6.07 Å². The van der Waals surface area contributed by atoms with Crippen LogP contribution in [0.1, 0.15) is 12.0 Å². The Bertz CT molecular complexity index is 349. The van der Waals surface area contributed by atoms with Gasteiger partial charge >= 0.3 is 0 Å². The lowest BCUT2D eigenvalue weighted by Gasteiger charge is -2.29. The molecule has 0 saturated heterocycles. The molecule has 1 aliphatic rings. The third-order valence-corrected chi connectivity index (χ3v) is 2.82. The maximum absolute atomic E-state index is 9.73. The highest BCUT2D eigenvalue weighted by Gasteiger charge is 2.19. The first-order valence-electron chi connectivity index (χ1n) is 5.39. The Morgan fingerprint density at radius 1 is 1.47 bits per heavy atom. The lowest BCUT2D eigenvalue weighted by Crippen LogP contribution is -2.35. The maximum Gasteiger partial charge on any atom is 0.138 e. The van der Waals surface area contributed by atoms with Crippen molar-refractivity contribution in [3.05, 3.63) is 23.8 Å². The molecule has 2 rings (SSSR count). The van der Waals surface area contributed by atoms with Gasteiger partial charge in [0.1, 0.15) is 5.75 Å². The molecule has 1 unspecified atom stereocenters. The van der Waals surface area contributed by atoms with Crippen molar-refractivity contribution in [1.82, 2.24) is 4.90 Å². The first-order chi connectivity index (χ1) is 7.16. The van der Waals surface area contributed by atoms with E-state index in [1.807, 2.05) is 6.07 Å². The zero-order chi connectivity index (χ0) is 10.8. The molecule has 2 N–H and O–H groups in total. The number of aromatic hydroxyl groups is 1. The molecule has 0 spiro atoms. The quantitative estimate of drug-likeness (QED) is 0.723. The van der Waals surface area contributed by atoms with Crippen LogP contribution in [-0.4, -0.2) is 36.7 Å². The van der Waals surface area contributed by atoms with Gasteiger partial charge in [-0.2, -0.15) is 0 Å². The summed E-state index contributed by atoms with van der Waals surface area (Å²) in [6.07, 6.45) is 2.18. The summed E-state index contributed by atoms with van der Waals surface area (Å²) >= 11 is 0. The van der Waals surface area contributed by atoms with Gasteiger partial charge in [-0.05, 0) is 38.6 Å². The Morgan fingerprint density at radius 3 is 3.00 bits per heavy atom. The fourth-order valence-corrected chi connectivity index (χ4v) is 2.15. The van der Waals surface area contributed by atoms with E-state index in [-0.39, 0.29) is 0 Å². The smallest absolute Gasteiger partial charge is 0.138 e. The third-order valence-electron chi connectivity index (χ3n) is 2.82. The van der Waals surface area contributed by atoms with Crippen LogP contribution in [0.15, 0.2) is 18.2 Å². The minimum Gasteiger partial charge on any atom is -0.506 e. The molecule has 82 valence electrons. The van der Waals surface area contributed by atoms with Gasteiger partial charge in [0.2, 0.25) is 0 Å². The topological polar surface area (TPSA) is 35.5 Å². The molecule has 3 nitrogen and oxygen atoms in total. The Balaban J connectivity index is 2.15. The summed E-state index contributed by atoms with van der Waals surface area (Å²) in [5.74, 6) is 0.371. The molecule has 3 heteroatoms. The first-order valence-corrected chi connectivity index (χ1v) is 5.39. The van der Waals surface area contributed by atoms with E-state index in [9.17, 15) is 5.11 Å². The highest BCUT2D eigenvalue weighted by atomic mass is 16.3. The maximum atomic E-state index is 9.73. The minimum atomic E-state index is 0.371. The molecule has 1 atom stereocenters. The lowest BCUT2D eigenvalue weighted by atomic mass is 9.97. The van der Waals surface area contributed by atoms with Crippen LogP contribution in [0, 0.1) is 0 Å². The van der Waals surface area contributed by atoms with Crippen LogP contribution in [0.4, 0.5) is 5.69 Å². The molecule has 1 heterocycles. The summed E-state index contributed by atoms with van der Waals surface area (Å²) < 4.78 is 0. The molecule has 15 heavy (non-hydrogen) atoms. The van der Waals surface area contributed by atoms with Crippen molar-refractivity contribution in [3.63, 3.8) is 0 Å². The van der Waals surface area contributed by atoms with E-state index in [0.717, 1.165) is 25.1 Å². The zero-order valence-electron chi connectivity index (χ0n) is 9.33. The number of hydrogen-bond donors (Lipinski definition) is 2. The fraction of sp³-hybridized carbons (Fsp3) is 0.500. The molecule has 1 aliphatic heterocycles. The number of para-hydroxylation sites is 1. The van der Waals surface area contributed by atoms with Gasteiger partial charge in [0.25, 0.3) is 0 Å². The molecular formula is C12H18N2O. The Labute approximate surface area is 90.7 Å². The van der Waals surface area contributed by atoms with Crippen molar-refractivity contribution >= 4 is 5.69 Å². The summed E-state index contributed by atoms with van der Waals surface area (Å²) in [6.45, 7) is 1.01. The second kappa shape index (κ2) is 4.11. The number of nitrogens with zero attached hydrogens (tertiary/aromatic N) is 1. The highest BCUT2D eigenvalue weighted by molar-refractivity contribution is 5.63. The van der Waals surface area contributed by atoms with Gasteiger partial charge in [-0.15, -0.1) is 0 Å². The summed E-state index contributed by atoms with van der Waals surface area (Å²) in [5, 5.41) is 13.1. The van der Waals surface area contributed by atoms with Crippen LogP contribution in [0.5, 0.6) is 5.75 Å². The van der Waals surface area contributed by atoms with Crippen molar-refractivity contribution in [2.45, 2.75) is 18.9 Å². The van der Waals surface area contributed by atoms with E-state index in [4.69, 9.17) is 0 Å². The predicted octanol–water partition coefficient (Wildman–Crippen LogP) is 1.68. The van der Waals surface area contributed by atoms with E-state index in [2.05, 4.69) is 30.4 Å². The van der Waals surface area contributed by atoms with Gasteiger partial charge in [-0.1, -0.05) is 12.1 Å². The van der Waals surface area contributed by atoms with Crippen molar-refractivity contribution in [2.24, 2.45) is 0 Å². The molecule has 0 bridgehead atoms. The molecular weight excluding hydrogens is 188 g/mol. The van der Waals surface area contributed by atoms with E-state index in [1.165, 1.54) is 5.56 Å². The van der Waals surface area contributed by atoms with Crippen molar-refractivity contribution in [1.29, 1.82) is 0 Å². The van der Waals surface area contributed by atoms with Crippen LogP contribution in [0.3, 0.4) is 0 Å². The summed E-state index contributed by atoms with van der Waals surface area (Å²) in [7, 11) is 4.14. The number of anilines is 1. The Hall–Kier alpha value is -1.22. The lowest BCUT2D eigenvalue weighted by molar-refractivity contribution is 0.370. The number of benzene rings is 1. The molecule has 0 saturated carbocycles. The first kappa shape index (κ1) is 10.3. The Morgan fingerprint density at radius 2 is 2.27 bits per heavy atom. The standard InChI is InChI=1S/C12H18N2O/c1-14(2)8-10-7-6-9-4-3-5-11(15)12(9)13-10/h3-5,10,13,15H,6-8H2,1-2H3. The number of aryl methyl sites for hydroxylation is 1. The molecule has 0 radical (unpaired) electrons. The summed E-state index contributed by atoms with van der Waals surface area (Å²) in [6, 6.07) is 6.17. The number of rotatable bonds is 2. The summed E-state index contributed by atoms with van der Waals surface area (Å²) in [5.41, 5.74) is 2.15. The van der Waals surface area contributed by atoms with E-state index in [0.29, 0.717) is 11.8 Å². The molecule has 0 fully saturated rings. The zero-order valence-corrected chi connectivity index (χ0v) is 9.33. The molecule has 1 aromatic carbocycles. The summed E-state index contributed by atoms with van der Waals surface area (Å²) in [4.78, 5) is 2.17. The van der Waals surface area contributed by atoms with Crippen LogP contribution in [0.25, 0.3) is 0 Å². The van der Waals surface area contributed by atoms with Gasteiger partial charge in [0, 0.05) is 12.6 Å². The normalized spacial score (nSPS) is 19.8. The predicted molar refractivity (Wildman–Crippen MR) is 62.4 cm³/mol. The van der Waals surface area contributed by atoms with E-state index < -0.39 is 0 Å². The van der Waals surface area contributed by atoms with Crippen LogP contribution >= 0.6 is 0 Å². The van der Waals surface area contributed by atoms with Gasteiger partial charge in [-0.25, -0.2) is 0 Å². The molecule has 0 amide bonds. The third kappa shape index (κ3) is 2.23. The number of phenols is 1. The monoisotopic (exact) mass is 206 g/mol. The second-order valence-electron chi connectivity index (χ2n) is 4.45. The largest absolute Gasteiger partial charge is 0.506 e. The van der Waals surface area contributed by atoms with Crippen LogP contribution in [0.2, 0.25) is 0 Å². The highest BCUT2D eigenvalue weighted by Crippen LogP contribution is 2.32. The van der Waals surface area contributed by atoms with Gasteiger partial charge in [0.15, 0.2) is 0 Å². The van der Waals surface area contributed by atoms with E-state index >= 15 is 0 Å². The number of nitrogens with one attached hydrogen (secondary N) is 1. The molecule has 0 aromatic heterocycles. The van der Waals surface area contributed by atoms with Gasteiger partial charge < -0.3 is 15.3 Å². The van der Waals surface area contributed by atoms with Crippen molar-refractivity contribution in [3.8, 4) is 5.75 Å². The van der Waals surface area contributed by atoms with Gasteiger partial charge in [0.05, 0.1) is 5.69 Å². The number of fused-ring (bicyclic) bond motifs is 1. The average Bonchev–Trinajstić information content (AvgIpc) is 2.18. The van der Waals surface area contributed by atoms with Gasteiger partial charge in [-0.3, -0.25) is 0 Å². The molecule has 0 aliphatic carbocycles. The Kier molecular flexibility index (Phi) is 2.82. The fourth-order valence-electron chi connectivity index (χ4n) is 2.15.